The Balaban J connectivity index is 2.00. The van der Waals surface area contributed by atoms with Gasteiger partial charge in [-0.15, -0.1) is 0 Å². The molecule has 5 heteroatoms. The lowest BCUT2D eigenvalue weighted by Gasteiger charge is -2.28. The Labute approximate surface area is 127 Å². The Bertz CT molecular complexity index is 408. The van der Waals surface area contributed by atoms with Crippen LogP contribution in [-0.2, 0) is 9.59 Å². The van der Waals surface area contributed by atoms with Gasteiger partial charge in [-0.2, -0.15) is 0 Å². The summed E-state index contributed by atoms with van der Waals surface area (Å²) in [5.41, 5.74) is -0.608. The van der Waals surface area contributed by atoms with Crippen LogP contribution in [0.1, 0.15) is 52.9 Å². The van der Waals surface area contributed by atoms with Crippen molar-refractivity contribution in [2.45, 2.75) is 65.0 Å². The molecule has 2 rings (SSSR count). The molecule has 21 heavy (non-hydrogen) atoms. The second-order valence-electron chi connectivity index (χ2n) is 6.68. The minimum Gasteiger partial charge on any atom is -0.481 e. The van der Waals surface area contributed by atoms with Crippen molar-refractivity contribution >= 4 is 11.9 Å². The van der Waals surface area contributed by atoms with Crippen LogP contribution in [0, 0.1) is 11.3 Å². The first-order valence-electron chi connectivity index (χ1n) is 8.22. The van der Waals surface area contributed by atoms with E-state index in [0.29, 0.717) is 6.54 Å². The zero-order chi connectivity index (χ0) is 15.6. The second-order valence-corrected chi connectivity index (χ2v) is 6.68. The molecule has 3 atom stereocenters. The van der Waals surface area contributed by atoms with E-state index in [0.717, 1.165) is 38.6 Å². The molecule has 1 amide bonds. The summed E-state index contributed by atoms with van der Waals surface area (Å²) in [5.74, 6) is -0.442. The number of rotatable bonds is 6. The SMILES string of the molecule is CCC(CC)NC(=O)C(C)N1C[C@@H]2CCC[C@@]2(C(=O)O)C1. The van der Waals surface area contributed by atoms with Crippen molar-refractivity contribution in [2.75, 3.05) is 13.1 Å². The van der Waals surface area contributed by atoms with Gasteiger partial charge in [0.05, 0.1) is 11.5 Å². The highest BCUT2D eigenvalue weighted by molar-refractivity contribution is 5.82. The minimum absolute atomic E-state index is 0.0317. The monoisotopic (exact) mass is 296 g/mol. The molecule has 0 aromatic carbocycles. The van der Waals surface area contributed by atoms with Crippen molar-refractivity contribution < 1.29 is 14.7 Å². The molecule has 0 aromatic heterocycles. The van der Waals surface area contributed by atoms with E-state index in [1.165, 1.54) is 0 Å². The molecule has 2 fully saturated rings. The number of carbonyl (C=O) groups excluding carboxylic acids is 1. The van der Waals surface area contributed by atoms with Crippen molar-refractivity contribution in [3.8, 4) is 0 Å². The van der Waals surface area contributed by atoms with Gasteiger partial charge in [0.15, 0.2) is 0 Å². The van der Waals surface area contributed by atoms with Crippen LogP contribution in [0.25, 0.3) is 0 Å². The third-order valence-electron chi connectivity index (χ3n) is 5.58. The van der Waals surface area contributed by atoms with Crippen LogP contribution in [-0.4, -0.2) is 47.1 Å². The van der Waals surface area contributed by atoms with Crippen LogP contribution in [0.4, 0.5) is 0 Å². The molecule has 0 spiro atoms. The third-order valence-corrected chi connectivity index (χ3v) is 5.58. The molecule has 1 heterocycles. The molecular weight excluding hydrogens is 268 g/mol. The first-order chi connectivity index (χ1) is 9.94. The second kappa shape index (κ2) is 6.34. The maximum absolute atomic E-state index is 12.4. The maximum atomic E-state index is 12.4. The van der Waals surface area contributed by atoms with Crippen LogP contribution < -0.4 is 5.32 Å². The van der Waals surface area contributed by atoms with Crippen molar-refractivity contribution in [2.24, 2.45) is 11.3 Å². The van der Waals surface area contributed by atoms with Gasteiger partial charge in [-0.3, -0.25) is 14.5 Å². The van der Waals surface area contributed by atoms with Crippen molar-refractivity contribution in [3.63, 3.8) is 0 Å². The predicted molar refractivity (Wildman–Crippen MR) is 81.0 cm³/mol. The van der Waals surface area contributed by atoms with Gasteiger partial charge in [0.1, 0.15) is 0 Å². The molecular formula is C16H28N2O3. The number of likely N-dealkylation sites (tertiary alicyclic amines) is 1. The van der Waals surface area contributed by atoms with E-state index in [1.54, 1.807) is 0 Å². The highest BCUT2D eigenvalue weighted by atomic mass is 16.4. The molecule has 1 aliphatic heterocycles. The number of amides is 1. The molecule has 0 bridgehead atoms. The first-order valence-corrected chi connectivity index (χ1v) is 8.22. The Kier molecular flexibility index (Phi) is 4.91. The first kappa shape index (κ1) is 16.3. The largest absolute Gasteiger partial charge is 0.481 e. The van der Waals surface area contributed by atoms with Gasteiger partial charge in [-0.25, -0.2) is 0 Å². The van der Waals surface area contributed by atoms with Gasteiger partial charge in [-0.05, 0) is 38.5 Å². The Hall–Kier alpha value is -1.10. The maximum Gasteiger partial charge on any atom is 0.311 e. The Morgan fingerprint density at radius 2 is 2.05 bits per heavy atom. The van der Waals surface area contributed by atoms with Crippen molar-refractivity contribution in [1.29, 1.82) is 0 Å². The fourth-order valence-corrected chi connectivity index (χ4v) is 3.95. The average Bonchev–Trinajstić information content (AvgIpc) is 3.01. The Morgan fingerprint density at radius 3 is 2.57 bits per heavy atom. The van der Waals surface area contributed by atoms with Crippen LogP contribution in [0.15, 0.2) is 0 Å². The summed E-state index contributed by atoms with van der Waals surface area (Å²) in [5, 5.41) is 12.7. The number of carboxylic acids is 1. The molecule has 2 aliphatic rings. The number of hydrogen-bond donors (Lipinski definition) is 2. The quantitative estimate of drug-likeness (QED) is 0.785. The fraction of sp³-hybridized carbons (Fsp3) is 0.875. The molecule has 1 saturated carbocycles. The zero-order valence-corrected chi connectivity index (χ0v) is 13.4. The fourth-order valence-electron chi connectivity index (χ4n) is 3.95. The summed E-state index contributed by atoms with van der Waals surface area (Å²) in [6.07, 6.45) is 4.58. The topological polar surface area (TPSA) is 69.6 Å². The van der Waals surface area contributed by atoms with E-state index >= 15 is 0 Å². The predicted octanol–water partition coefficient (Wildman–Crippen LogP) is 1.87. The summed E-state index contributed by atoms with van der Waals surface area (Å²) in [4.78, 5) is 26.1. The third kappa shape index (κ3) is 2.93. The summed E-state index contributed by atoms with van der Waals surface area (Å²) in [6.45, 7) is 7.29. The van der Waals surface area contributed by atoms with Gasteiger partial charge in [-0.1, -0.05) is 20.3 Å². The van der Waals surface area contributed by atoms with Gasteiger partial charge in [0.2, 0.25) is 5.91 Å². The standard InChI is InChI=1S/C16H28N2O3/c1-4-13(5-2)17-14(19)11(3)18-9-12-7-6-8-16(12,10-18)15(20)21/h11-13H,4-10H2,1-3H3,(H,17,19)(H,20,21)/t11?,12-,16+/m0/s1. The van der Waals surface area contributed by atoms with Gasteiger partial charge in [0.25, 0.3) is 0 Å². The van der Waals surface area contributed by atoms with E-state index < -0.39 is 11.4 Å². The van der Waals surface area contributed by atoms with Crippen LogP contribution in [0.5, 0.6) is 0 Å². The van der Waals surface area contributed by atoms with Gasteiger partial charge >= 0.3 is 5.97 Å². The van der Waals surface area contributed by atoms with Crippen LogP contribution in [0.2, 0.25) is 0 Å². The Morgan fingerprint density at radius 1 is 1.38 bits per heavy atom. The smallest absolute Gasteiger partial charge is 0.311 e. The lowest BCUT2D eigenvalue weighted by Crippen LogP contribution is -2.48. The number of hydrogen-bond acceptors (Lipinski definition) is 3. The summed E-state index contributed by atoms with van der Waals surface area (Å²) in [7, 11) is 0. The van der Waals surface area contributed by atoms with Crippen molar-refractivity contribution in [3.05, 3.63) is 0 Å². The van der Waals surface area contributed by atoms with Gasteiger partial charge < -0.3 is 10.4 Å². The van der Waals surface area contributed by atoms with Crippen molar-refractivity contribution in [1.82, 2.24) is 10.2 Å². The van der Waals surface area contributed by atoms with Gasteiger partial charge in [0, 0.05) is 19.1 Å². The van der Waals surface area contributed by atoms with E-state index in [2.05, 4.69) is 24.1 Å². The summed E-state index contributed by atoms with van der Waals surface area (Å²) >= 11 is 0. The molecule has 0 radical (unpaired) electrons. The molecule has 1 saturated heterocycles. The number of carboxylic acid groups (broad SMARTS) is 1. The molecule has 120 valence electrons. The molecule has 0 aromatic rings. The van der Waals surface area contributed by atoms with E-state index in [9.17, 15) is 14.7 Å². The normalized spacial score (nSPS) is 30.4. The number of carbonyl (C=O) groups is 2. The summed E-state index contributed by atoms with van der Waals surface area (Å²) in [6, 6.07) is -0.0251. The number of nitrogens with one attached hydrogen (secondary N) is 1. The minimum atomic E-state index is -0.680. The molecule has 1 aliphatic carbocycles. The highest BCUT2D eigenvalue weighted by Crippen LogP contribution is 2.49. The molecule has 5 nitrogen and oxygen atoms in total. The van der Waals surface area contributed by atoms with Crippen LogP contribution in [0.3, 0.4) is 0 Å². The van der Waals surface area contributed by atoms with E-state index in [1.807, 2.05) is 6.92 Å². The number of aliphatic carboxylic acids is 1. The van der Waals surface area contributed by atoms with E-state index in [-0.39, 0.29) is 23.9 Å². The van der Waals surface area contributed by atoms with Crippen LogP contribution >= 0.6 is 0 Å². The highest BCUT2D eigenvalue weighted by Gasteiger charge is 2.55. The van der Waals surface area contributed by atoms with E-state index in [4.69, 9.17) is 0 Å². The number of nitrogens with zero attached hydrogens (tertiary/aromatic N) is 1. The lowest BCUT2D eigenvalue weighted by atomic mass is 9.81. The molecule has 2 N–H and O–H groups in total. The number of fused-ring (bicyclic) bond motifs is 1. The molecule has 1 unspecified atom stereocenters. The summed E-state index contributed by atoms with van der Waals surface area (Å²) < 4.78 is 0. The zero-order valence-electron chi connectivity index (χ0n) is 13.4. The lowest BCUT2D eigenvalue weighted by molar-refractivity contribution is -0.149. The average molecular weight is 296 g/mol.